The van der Waals surface area contributed by atoms with Gasteiger partial charge in [0, 0.05) is 49.7 Å². The Hall–Kier alpha value is -3.79. The summed E-state index contributed by atoms with van der Waals surface area (Å²) < 4.78 is 41.6. The molecule has 1 aliphatic heterocycles. The molecule has 0 radical (unpaired) electrons. The molecule has 2 heterocycles. The summed E-state index contributed by atoms with van der Waals surface area (Å²) in [6, 6.07) is 11.4. The summed E-state index contributed by atoms with van der Waals surface area (Å²) in [4.78, 5) is 31.9. The zero-order valence-corrected chi connectivity index (χ0v) is 26.3. The Bertz CT molecular complexity index is 1570. The Labute approximate surface area is 259 Å². The summed E-state index contributed by atoms with van der Waals surface area (Å²) >= 11 is 0. The predicted molar refractivity (Wildman–Crippen MR) is 167 cm³/mol. The van der Waals surface area contributed by atoms with Crippen molar-refractivity contribution in [3.63, 3.8) is 0 Å². The number of nitrogens with one attached hydrogen (secondary N) is 2. The van der Waals surface area contributed by atoms with Crippen LogP contribution in [0, 0.1) is 11.7 Å². The lowest BCUT2D eigenvalue weighted by Crippen LogP contribution is -2.56. The van der Waals surface area contributed by atoms with Crippen LogP contribution < -0.4 is 10.6 Å². The molecule has 0 spiro atoms. The number of aromatic nitrogens is 1. The average molecular weight is 621 g/mol. The lowest BCUT2D eigenvalue weighted by molar-refractivity contribution is -0.127. The number of hydrogen-bond acceptors (Lipinski definition) is 6. The number of benzene rings is 2. The molecule has 44 heavy (non-hydrogen) atoms. The Kier molecular flexibility index (Phi) is 9.68. The zero-order chi connectivity index (χ0) is 31.3. The molecule has 234 valence electrons. The number of sulfone groups is 1. The van der Waals surface area contributed by atoms with Gasteiger partial charge >= 0.3 is 0 Å². The molecule has 2 amide bonds. The first-order chi connectivity index (χ1) is 21.2. The van der Waals surface area contributed by atoms with E-state index in [0.29, 0.717) is 25.1 Å². The van der Waals surface area contributed by atoms with Crippen LogP contribution >= 0.6 is 0 Å². The maximum absolute atomic E-state index is 14.8. The van der Waals surface area contributed by atoms with E-state index >= 15 is 0 Å². The van der Waals surface area contributed by atoms with E-state index in [1.807, 2.05) is 26.1 Å². The van der Waals surface area contributed by atoms with Crippen LogP contribution in [0.5, 0.6) is 0 Å². The van der Waals surface area contributed by atoms with Crippen molar-refractivity contribution in [2.24, 2.45) is 5.92 Å². The van der Waals surface area contributed by atoms with E-state index in [1.165, 1.54) is 37.5 Å². The van der Waals surface area contributed by atoms with E-state index in [-0.39, 0.29) is 34.7 Å². The van der Waals surface area contributed by atoms with Gasteiger partial charge in [0.1, 0.15) is 16.3 Å². The molecule has 10 heteroatoms. The van der Waals surface area contributed by atoms with Crippen LogP contribution in [0.15, 0.2) is 70.7 Å². The zero-order valence-electron chi connectivity index (χ0n) is 25.4. The number of hydrogen-bond donors (Lipinski definition) is 2. The molecule has 0 bridgehead atoms. The van der Waals surface area contributed by atoms with Crippen molar-refractivity contribution in [3.05, 3.63) is 83.4 Å². The molecule has 2 aliphatic rings. The fourth-order valence-corrected chi connectivity index (χ4v) is 7.94. The fraction of sp³-hybridized carbons (Fsp3) is 0.441. The minimum absolute atomic E-state index is 0.0762. The lowest BCUT2D eigenvalue weighted by atomic mass is 9.74. The number of anilines is 1. The highest BCUT2D eigenvalue weighted by Crippen LogP contribution is 2.42. The molecule has 1 saturated carbocycles. The van der Waals surface area contributed by atoms with E-state index in [9.17, 15) is 22.4 Å². The van der Waals surface area contributed by atoms with Gasteiger partial charge in [0.15, 0.2) is 0 Å². The Balaban J connectivity index is 1.33. The molecule has 1 unspecified atom stereocenters. The molecule has 2 N–H and O–H groups in total. The molecule has 1 fully saturated rings. The molecular weight excluding hydrogens is 579 g/mol. The number of amides is 2. The van der Waals surface area contributed by atoms with Crippen LogP contribution in [-0.4, -0.2) is 48.7 Å². The van der Waals surface area contributed by atoms with Crippen molar-refractivity contribution in [1.82, 2.24) is 15.2 Å². The maximum atomic E-state index is 14.8. The highest BCUT2D eigenvalue weighted by molar-refractivity contribution is 7.91. The van der Waals surface area contributed by atoms with Gasteiger partial charge in [-0.1, -0.05) is 44.2 Å². The Morgan fingerprint density at radius 3 is 2.34 bits per heavy atom. The number of halogens is 1. The normalized spacial score (nSPS) is 18.9. The third-order valence-corrected chi connectivity index (χ3v) is 10.9. The number of nitrogens with zero attached hydrogens (tertiary/aromatic N) is 2. The van der Waals surface area contributed by atoms with Gasteiger partial charge in [-0.05, 0) is 80.1 Å². The largest absolute Gasteiger partial charge is 0.370 e. The van der Waals surface area contributed by atoms with E-state index in [2.05, 4.69) is 15.6 Å². The number of rotatable bonds is 9. The van der Waals surface area contributed by atoms with Crippen molar-refractivity contribution in [3.8, 4) is 0 Å². The summed E-state index contributed by atoms with van der Waals surface area (Å²) in [5.74, 6) is -1.17. The van der Waals surface area contributed by atoms with E-state index in [0.717, 1.165) is 49.1 Å². The molecule has 5 rings (SSSR count). The second kappa shape index (κ2) is 13.5. The average Bonchev–Trinajstić information content (AvgIpc) is 3.41. The van der Waals surface area contributed by atoms with E-state index < -0.39 is 26.1 Å². The van der Waals surface area contributed by atoms with Gasteiger partial charge < -0.3 is 15.5 Å². The van der Waals surface area contributed by atoms with Crippen LogP contribution in [0.25, 0.3) is 0 Å². The van der Waals surface area contributed by atoms with Crippen molar-refractivity contribution in [2.75, 3.05) is 18.4 Å². The molecule has 2 aromatic carbocycles. The summed E-state index contributed by atoms with van der Waals surface area (Å²) in [7, 11) is -4.24. The first kappa shape index (κ1) is 31.6. The van der Waals surface area contributed by atoms with Crippen molar-refractivity contribution >= 4 is 27.3 Å². The number of fused-ring (bicyclic) bond motifs is 1. The van der Waals surface area contributed by atoms with Gasteiger partial charge in [0.2, 0.25) is 15.7 Å². The molecule has 1 aliphatic carbocycles. The Morgan fingerprint density at radius 1 is 1.00 bits per heavy atom. The van der Waals surface area contributed by atoms with Crippen LogP contribution in [0.1, 0.15) is 80.3 Å². The van der Waals surface area contributed by atoms with Gasteiger partial charge in [-0.25, -0.2) is 12.8 Å². The molecule has 1 atom stereocenters. The first-order valence-corrected chi connectivity index (χ1v) is 17.1. The van der Waals surface area contributed by atoms with Crippen LogP contribution in [-0.2, 0) is 27.6 Å². The van der Waals surface area contributed by atoms with Gasteiger partial charge in [0.25, 0.3) is 5.91 Å². The van der Waals surface area contributed by atoms with Gasteiger partial charge in [-0.2, -0.15) is 0 Å². The molecule has 3 aromatic rings. The Morgan fingerprint density at radius 2 is 1.68 bits per heavy atom. The summed E-state index contributed by atoms with van der Waals surface area (Å²) in [6.07, 6.45) is 11.9. The second-order valence-electron chi connectivity index (χ2n) is 11.8. The predicted octanol–water partition coefficient (Wildman–Crippen LogP) is 5.92. The number of pyridine rings is 1. The van der Waals surface area contributed by atoms with Crippen molar-refractivity contribution < 1.29 is 22.4 Å². The SMILES string of the molecule is CCN(CC)C(=O)c1ccc(F)c(S(=O)(=O)c2ccc(CNC(=O)C3(C4CCCCCCC4)Cc4cnccc4N3)cc2)c1. The smallest absolute Gasteiger partial charge is 0.253 e. The van der Waals surface area contributed by atoms with Gasteiger partial charge in [-0.15, -0.1) is 0 Å². The third kappa shape index (κ3) is 6.36. The number of carbonyl (C=O) groups is 2. The maximum Gasteiger partial charge on any atom is 0.253 e. The monoisotopic (exact) mass is 620 g/mol. The molecule has 0 saturated heterocycles. The highest BCUT2D eigenvalue weighted by Gasteiger charge is 2.49. The highest BCUT2D eigenvalue weighted by atomic mass is 32.2. The van der Waals surface area contributed by atoms with Crippen molar-refractivity contribution in [1.29, 1.82) is 0 Å². The summed E-state index contributed by atoms with van der Waals surface area (Å²) in [5.41, 5.74) is 2.05. The second-order valence-corrected chi connectivity index (χ2v) is 13.7. The molecule has 8 nitrogen and oxygen atoms in total. The minimum Gasteiger partial charge on any atom is -0.370 e. The summed E-state index contributed by atoms with van der Waals surface area (Å²) in [6.45, 7) is 4.77. The lowest BCUT2D eigenvalue weighted by Gasteiger charge is -2.38. The van der Waals surface area contributed by atoms with Crippen molar-refractivity contribution in [2.45, 2.75) is 87.1 Å². The quantitative estimate of drug-likeness (QED) is 0.308. The topological polar surface area (TPSA) is 108 Å². The van der Waals surface area contributed by atoms with E-state index in [1.54, 1.807) is 23.2 Å². The van der Waals surface area contributed by atoms with Gasteiger partial charge in [0.05, 0.1) is 4.90 Å². The van der Waals surface area contributed by atoms with Crippen LogP contribution in [0.4, 0.5) is 10.1 Å². The molecular formula is C34H41FN4O4S. The standard InChI is InChI=1S/C34H41FN4O4S/c1-3-39(4-2)32(40)25-14-17-29(35)31(20-25)44(42,43)28-15-12-24(13-16-28)22-37-33(41)34(27-10-8-6-5-7-9-11-27)21-26-23-36-19-18-30(26)38-34/h12-20,23,27,38H,3-11,21-22H2,1-2H3,(H,37,41). The summed E-state index contributed by atoms with van der Waals surface area (Å²) in [5, 5.41) is 6.70. The van der Waals surface area contributed by atoms with E-state index in [4.69, 9.17) is 0 Å². The van der Waals surface area contributed by atoms with Gasteiger partial charge in [-0.3, -0.25) is 14.6 Å². The fourth-order valence-electron chi connectivity index (χ4n) is 6.58. The first-order valence-electron chi connectivity index (χ1n) is 15.6. The minimum atomic E-state index is -4.24. The molecule has 1 aromatic heterocycles. The van der Waals surface area contributed by atoms with Crippen LogP contribution in [0.3, 0.4) is 0 Å². The number of carbonyl (C=O) groups excluding carboxylic acids is 2. The third-order valence-electron chi connectivity index (χ3n) is 9.14. The van der Waals surface area contributed by atoms with Crippen LogP contribution in [0.2, 0.25) is 0 Å².